The zero-order valence-electron chi connectivity index (χ0n) is 6.33. The van der Waals surface area contributed by atoms with E-state index in [4.69, 9.17) is 5.73 Å². The summed E-state index contributed by atoms with van der Waals surface area (Å²) in [6, 6.07) is 0.509. The van der Waals surface area contributed by atoms with Crippen LogP contribution in [0.2, 0.25) is 0 Å². The second-order valence-corrected chi connectivity index (χ2v) is 2.54. The fourth-order valence-electron chi connectivity index (χ4n) is 1.09. The van der Waals surface area contributed by atoms with Gasteiger partial charge in [0.1, 0.15) is 0 Å². The maximum absolute atomic E-state index is 5.44. The SMILES string of the molecule is CN1C=CC=CC1CCN. The van der Waals surface area contributed by atoms with Gasteiger partial charge in [-0.25, -0.2) is 0 Å². The molecule has 56 valence electrons. The maximum atomic E-state index is 5.44. The van der Waals surface area contributed by atoms with Crippen molar-refractivity contribution in [3.8, 4) is 0 Å². The summed E-state index contributed by atoms with van der Waals surface area (Å²) in [5, 5.41) is 0. The van der Waals surface area contributed by atoms with Crippen molar-refractivity contribution in [3.05, 3.63) is 24.4 Å². The molecule has 1 heterocycles. The van der Waals surface area contributed by atoms with Crippen molar-refractivity contribution in [3.63, 3.8) is 0 Å². The van der Waals surface area contributed by atoms with Crippen LogP contribution in [0.4, 0.5) is 0 Å². The summed E-state index contributed by atoms with van der Waals surface area (Å²) >= 11 is 0. The first kappa shape index (κ1) is 7.35. The van der Waals surface area contributed by atoms with E-state index in [1.165, 1.54) is 0 Å². The third-order valence-electron chi connectivity index (χ3n) is 1.75. The number of likely N-dealkylation sites (N-methyl/N-ethyl adjacent to an activating group) is 1. The molecule has 2 N–H and O–H groups in total. The molecule has 0 aromatic rings. The number of hydrogen-bond donors (Lipinski definition) is 1. The number of nitrogens with zero attached hydrogens (tertiary/aromatic N) is 1. The molecule has 0 bridgehead atoms. The molecule has 0 aromatic heterocycles. The van der Waals surface area contributed by atoms with Crippen LogP contribution in [-0.2, 0) is 0 Å². The van der Waals surface area contributed by atoms with Gasteiger partial charge in [-0.1, -0.05) is 12.2 Å². The van der Waals surface area contributed by atoms with Gasteiger partial charge < -0.3 is 10.6 Å². The van der Waals surface area contributed by atoms with Crippen LogP contribution in [-0.4, -0.2) is 24.5 Å². The van der Waals surface area contributed by atoms with Crippen LogP contribution >= 0.6 is 0 Å². The average Bonchev–Trinajstić information content (AvgIpc) is 1.94. The van der Waals surface area contributed by atoms with E-state index in [0.29, 0.717) is 6.04 Å². The number of rotatable bonds is 2. The van der Waals surface area contributed by atoms with Gasteiger partial charge >= 0.3 is 0 Å². The number of hydrogen-bond acceptors (Lipinski definition) is 2. The third kappa shape index (κ3) is 1.61. The maximum Gasteiger partial charge on any atom is 0.0479 e. The quantitative estimate of drug-likeness (QED) is 0.609. The van der Waals surface area contributed by atoms with E-state index >= 15 is 0 Å². The van der Waals surface area contributed by atoms with Gasteiger partial charge in [0.05, 0.1) is 0 Å². The third-order valence-corrected chi connectivity index (χ3v) is 1.75. The highest BCUT2D eigenvalue weighted by Gasteiger charge is 2.07. The molecule has 0 saturated carbocycles. The Labute approximate surface area is 62.0 Å². The first-order valence-electron chi connectivity index (χ1n) is 3.61. The predicted octanol–water partition coefficient (Wildman–Crippen LogP) is 0.719. The molecule has 1 unspecified atom stereocenters. The topological polar surface area (TPSA) is 29.3 Å². The molecule has 0 amide bonds. The summed E-state index contributed by atoms with van der Waals surface area (Å²) in [7, 11) is 2.07. The molecule has 2 heteroatoms. The van der Waals surface area contributed by atoms with Crippen LogP contribution in [0.15, 0.2) is 24.4 Å². The Bertz CT molecular complexity index is 149. The molecule has 0 spiro atoms. The monoisotopic (exact) mass is 138 g/mol. The predicted molar refractivity (Wildman–Crippen MR) is 43.5 cm³/mol. The minimum atomic E-state index is 0.509. The Hall–Kier alpha value is -0.760. The molecule has 0 aliphatic carbocycles. The van der Waals surface area contributed by atoms with Crippen LogP contribution in [0.1, 0.15) is 6.42 Å². The molecule has 0 saturated heterocycles. The van der Waals surface area contributed by atoms with E-state index in [1.807, 2.05) is 6.08 Å². The lowest BCUT2D eigenvalue weighted by Crippen LogP contribution is -2.28. The normalized spacial score (nSPS) is 23.8. The van der Waals surface area contributed by atoms with Crippen LogP contribution in [0.3, 0.4) is 0 Å². The Balaban J connectivity index is 2.44. The highest BCUT2D eigenvalue weighted by molar-refractivity contribution is 5.12. The van der Waals surface area contributed by atoms with Crippen LogP contribution in [0, 0.1) is 0 Å². The lowest BCUT2D eigenvalue weighted by molar-refractivity contribution is 0.365. The molecule has 10 heavy (non-hydrogen) atoms. The Morgan fingerprint density at radius 2 is 2.30 bits per heavy atom. The molecular weight excluding hydrogens is 124 g/mol. The first-order valence-corrected chi connectivity index (χ1v) is 3.61. The standard InChI is InChI=1S/C8H14N2/c1-10-7-3-2-4-8(10)5-6-9/h2-4,7-8H,5-6,9H2,1H3. The van der Waals surface area contributed by atoms with Gasteiger partial charge in [0, 0.05) is 13.1 Å². The minimum absolute atomic E-state index is 0.509. The molecule has 0 aromatic carbocycles. The molecule has 1 rings (SSSR count). The summed E-state index contributed by atoms with van der Waals surface area (Å²) in [4.78, 5) is 2.17. The largest absolute Gasteiger partial charge is 0.374 e. The van der Waals surface area contributed by atoms with Crippen molar-refractivity contribution >= 4 is 0 Å². The minimum Gasteiger partial charge on any atom is -0.374 e. The second-order valence-electron chi connectivity index (χ2n) is 2.54. The second kappa shape index (κ2) is 3.42. The van der Waals surface area contributed by atoms with Crippen molar-refractivity contribution in [2.24, 2.45) is 5.73 Å². The van der Waals surface area contributed by atoms with Crippen molar-refractivity contribution in [2.45, 2.75) is 12.5 Å². The van der Waals surface area contributed by atoms with Gasteiger partial charge in [-0.05, 0) is 25.2 Å². The zero-order chi connectivity index (χ0) is 7.40. The lowest BCUT2D eigenvalue weighted by atomic mass is 10.1. The molecular formula is C8H14N2. The highest BCUT2D eigenvalue weighted by atomic mass is 15.1. The first-order chi connectivity index (χ1) is 4.84. The molecule has 1 atom stereocenters. The number of allylic oxidation sites excluding steroid dienone is 2. The summed E-state index contributed by atoms with van der Waals surface area (Å²) in [6.07, 6.45) is 9.39. The Kier molecular flexibility index (Phi) is 2.51. The van der Waals surface area contributed by atoms with Crippen LogP contribution < -0.4 is 5.73 Å². The van der Waals surface area contributed by atoms with Crippen LogP contribution in [0.5, 0.6) is 0 Å². The van der Waals surface area contributed by atoms with Gasteiger partial charge in [-0.2, -0.15) is 0 Å². The molecule has 2 nitrogen and oxygen atoms in total. The van der Waals surface area contributed by atoms with Gasteiger partial charge in [0.25, 0.3) is 0 Å². The van der Waals surface area contributed by atoms with Crippen molar-refractivity contribution in [2.75, 3.05) is 13.6 Å². The average molecular weight is 138 g/mol. The fraction of sp³-hybridized carbons (Fsp3) is 0.500. The fourth-order valence-corrected chi connectivity index (χ4v) is 1.09. The molecule has 0 fully saturated rings. The summed E-state index contributed by atoms with van der Waals surface area (Å²) in [6.45, 7) is 0.757. The molecule has 1 aliphatic rings. The van der Waals surface area contributed by atoms with E-state index < -0.39 is 0 Å². The van der Waals surface area contributed by atoms with Crippen molar-refractivity contribution in [1.82, 2.24) is 4.90 Å². The van der Waals surface area contributed by atoms with Crippen molar-refractivity contribution in [1.29, 1.82) is 0 Å². The van der Waals surface area contributed by atoms with Gasteiger partial charge in [0.15, 0.2) is 0 Å². The van der Waals surface area contributed by atoms with Gasteiger partial charge in [-0.3, -0.25) is 0 Å². The van der Waals surface area contributed by atoms with E-state index in [1.54, 1.807) is 0 Å². The van der Waals surface area contributed by atoms with Crippen molar-refractivity contribution < 1.29 is 0 Å². The summed E-state index contributed by atoms with van der Waals surface area (Å²) < 4.78 is 0. The van der Waals surface area contributed by atoms with E-state index in [0.717, 1.165) is 13.0 Å². The Morgan fingerprint density at radius 1 is 1.50 bits per heavy atom. The van der Waals surface area contributed by atoms with E-state index in [2.05, 4.69) is 30.3 Å². The molecule has 0 radical (unpaired) electrons. The smallest absolute Gasteiger partial charge is 0.0479 e. The summed E-state index contributed by atoms with van der Waals surface area (Å²) in [5.41, 5.74) is 5.44. The summed E-state index contributed by atoms with van der Waals surface area (Å²) in [5.74, 6) is 0. The van der Waals surface area contributed by atoms with Crippen LogP contribution in [0.25, 0.3) is 0 Å². The molecule has 1 aliphatic heterocycles. The van der Waals surface area contributed by atoms with E-state index in [-0.39, 0.29) is 0 Å². The highest BCUT2D eigenvalue weighted by Crippen LogP contribution is 2.07. The lowest BCUT2D eigenvalue weighted by Gasteiger charge is -2.25. The van der Waals surface area contributed by atoms with E-state index in [9.17, 15) is 0 Å². The number of nitrogens with two attached hydrogens (primary N) is 1. The zero-order valence-corrected chi connectivity index (χ0v) is 6.33. The van der Waals surface area contributed by atoms with Gasteiger partial charge in [-0.15, -0.1) is 0 Å². The van der Waals surface area contributed by atoms with Gasteiger partial charge in [0.2, 0.25) is 0 Å². The Morgan fingerprint density at radius 3 is 2.90 bits per heavy atom.